The molecule has 0 radical (unpaired) electrons. The van der Waals surface area contributed by atoms with Crippen LogP contribution in [0, 0.1) is 0 Å². The second-order valence-corrected chi connectivity index (χ2v) is 5.05. The number of nitrogens with two attached hydrogens (primary N) is 1. The molecule has 0 saturated heterocycles. The minimum absolute atomic E-state index is 0.421. The van der Waals surface area contributed by atoms with Gasteiger partial charge in [-0.25, -0.2) is 0 Å². The van der Waals surface area contributed by atoms with Crippen molar-refractivity contribution in [3.63, 3.8) is 0 Å². The lowest BCUT2D eigenvalue weighted by Gasteiger charge is -1.96. The second kappa shape index (κ2) is 5.02. The average Bonchev–Trinajstić information content (AvgIpc) is 2.39. The van der Waals surface area contributed by atoms with E-state index in [1.54, 1.807) is 0 Å². The Labute approximate surface area is 95.9 Å². The van der Waals surface area contributed by atoms with Crippen LogP contribution in [0.1, 0.15) is 5.56 Å². The van der Waals surface area contributed by atoms with Gasteiger partial charge in [0.2, 0.25) is 5.30 Å². The molecule has 0 aliphatic rings. The highest BCUT2D eigenvalue weighted by Crippen LogP contribution is 2.21. The van der Waals surface area contributed by atoms with Crippen molar-refractivity contribution < 1.29 is 4.57 Å². The molecular weight excluding hydrogens is 217 g/mol. The van der Waals surface area contributed by atoms with E-state index in [0.29, 0.717) is 6.54 Å². The summed E-state index contributed by atoms with van der Waals surface area (Å²) < 4.78 is 12.3. The van der Waals surface area contributed by atoms with Gasteiger partial charge in [0.05, 0.1) is 0 Å². The summed E-state index contributed by atoms with van der Waals surface area (Å²) in [5.74, 6) is 0. The summed E-state index contributed by atoms with van der Waals surface area (Å²) in [4.78, 5) is 0. The molecule has 0 spiro atoms. The first-order chi connectivity index (χ1) is 7.83. The first kappa shape index (κ1) is 11.0. The fourth-order valence-corrected chi connectivity index (χ4v) is 2.95. The molecule has 2 aromatic rings. The van der Waals surface area contributed by atoms with E-state index in [1.807, 2.05) is 54.6 Å². The zero-order valence-electron chi connectivity index (χ0n) is 8.84. The largest absolute Gasteiger partial charge is 0.415 e. The quantitative estimate of drug-likeness (QED) is 0.818. The molecule has 0 heterocycles. The summed E-state index contributed by atoms with van der Waals surface area (Å²) in [6.45, 7) is 0.421. The minimum atomic E-state index is -1.53. The van der Waals surface area contributed by atoms with Gasteiger partial charge in [0.25, 0.3) is 0 Å². The highest BCUT2D eigenvalue weighted by Gasteiger charge is 2.25. The van der Waals surface area contributed by atoms with Gasteiger partial charge in [-0.3, -0.25) is 0 Å². The van der Waals surface area contributed by atoms with E-state index in [2.05, 4.69) is 0 Å². The van der Waals surface area contributed by atoms with Crippen LogP contribution < -0.4 is 16.3 Å². The third-order valence-corrected chi connectivity index (χ3v) is 4.06. The predicted molar refractivity (Wildman–Crippen MR) is 67.6 cm³/mol. The maximum atomic E-state index is 12.3. The van der Waals surface area contributed by atoms with Crippen LogP contribution in [-0.4, -0.2) is 0 Å². The lowest BCUT2D eigenvalue weighted by molar-refractivity contribution is 0.598. The topological polar surface area (TPSA) is 43.1 Å². The van der Waals surface area contributed by atoms with Gasteiger partial charge in [-0.05, 0) is 18.2 Å². The van der Waals surface area contributed by atoms with Crippen molar-refractivity contribution in [1.29, 1.82) is 0 Å². The first-order valence-corrected chi connectivity index (χ1v) is 6.39. The molecule has 1 atom stereocenters. The maximum Gasteiger partial charge on any atom is 0.415 e. The maximum absolute atomic E-state index is 12.3. The monoisotopic (exact) mass is 230 g/mol. The van der Waals surface area contributed by atoms with Crippen LogP contribution in [0.4, 0.5) is 0 Å². The Morgan fingerprint density at radius 3 is 2.25 bits per heavy atom. The summed E-state index contributed by atoms with van der Waals surface area (Å²) in [5.41, 5.74) is 6.59. The lowest BCUT2D eigenvalue weighted by atomic mass is 10.2. The van der Waals surface area contributed by atoms with Crippen molar-refractivity contribution in [2.24, 2.45) is 5.73 Å². The highest BCUT2D eigenvalue weighted by molar-refractivity contribution is 7.61. The van der Waals surface area contributed by atoms with Crippen molar-refractivity contribution in [2.45, 2.75) is 6.54 Å². The van der Waals surface area contributed by atoms with Crippen molar-refractivity contribution >= 4 is 18.4 Å². The summed E-state index contributed by atoms with van der Waals surface area (Å²) in [6, 6.07) is 17.1. The molecule has 0 amide bonds. The Morgan fingerprint density at radius 1 is 0.938 bits per heavy atom. The Morgan fingerprint density at radius 2 is 1.56 bits per heavy atom. The van der Waals surface area contributed by atoms with Crippen molar-refractivity contribution in [3.05, 3.63) is 60.2 Å². The van der Waals surface area contributed by atoms with Crippen LogP contribution in [0.2, 0.25) is 0 Å². The van der Waals surface area contributed by atoms with Crippen LogP contribution in [0.25, 0.3) is 0 Å². The molecule has 0 aliphatic heterocycles. The van der Waals surface area contributed by atoms with Crippen LogP contribution >= 0.6 is 7.80 Å². The van der Waals surface area contributed by atoms with Gasteiger partial charge in [0.15, 0.2) is 5.30 Å². The van der Waals surface area contributed by atoms with Gasteiger partial charge in [0, 0.05) is 12.1 Å². The Balaban J connectivity index is 2.42. The molecule has 3 heteroatoms. The van der Waals surface area contributed by atoms with Crippen LogP contribution in [0.3, 0.4) is 0 Å². The van der Waals surface area contributed by atoms with Crippen LogP contribution in [0.5, 0.6) is 0 Å². The molecule has 16 heavy (non-hydrogen) atoms. The fourth-order valence-electron chi connectivity index (χ4n) is 1.58. The van der Waals surface area contributed by atoms with Gasteiger partial charge in [0.1, 0.15) is 0 Å². The average molecular weight is 230 g/mol. The standard InChI is InChI=1S/C13H13NOP/c14-10-11-6-4-5-9-13(11)16(15)12-7-2-1-3-8-12/h1-9H,10,14H2/q+1. The summed E-state index contributed by atoms with van der Waals surface area (Å²) in [7, 11) is -1.53. The van der Waals surface area contributed by atoms with Crippen molar-refractivity contribution in [1.82, 2.24) is 0 Å². The van der Waals surface area contributed by atoms with Gasteiger partial charge < -0.3 is 5.73 Å². The van der Waals surface area contributed by atoms with E-state index in [1.165, 1.54) is 0 Å². The van der Waals surface area contributed by atoms with E-state index in [-0.39, 0.29) is 0 Å². The van der Waals surface area contributed by atoms with E-state index in [0.717, 1.165) is 16.2 Å². The molecule has 2 rings (SSSR count). The van der Waals surface area contributed by atoms with Gasteiger partial charge in [-0.2, -0.15) is 0 Å². The molecule has 0 bridgehead atoms. The summed E-state index contributed by atoms with van der Waals surface area (Å²) in [6.07, 6.45) is 0. The Hall–Kier alpha value is -1.50. The zero-order chi connectivity index (χ0) is 11.4. The second-order valence-electron chi connectivity index (χ2n) is 3.46. The number of hydrogen-bond donors (Lipinski definition) is 1. The minimum Gasteiger partial charge on any atom is -0.326 e. The SMILES string of the molecule is NCc1ccccc1[P+](=O)c1ccccc1. The molecule has 0 saturated carbocycles. The van der Waals surface area contributed by atoms with E-state index >= 15 is 0 Å². The van der Waals surface area contributed by atoms with Crippen LogP contribution in [-0.2, 0) is 11.1 Å². The van der Waals surface area contributed by atoms with Gasteiger partial charge >= 0.3 is 7.80 Å². The van der Waals surface area contributed by atoms with E-state index in [9.17, 15) is 4.57 Å². The predicted octanol–water partition coefficient (Wildman–Crippen LogP) is 1.92. The lowest BCUT2D eigenvalue weighted by Crippen LogP contribution is -2.14. The van der Waals surface area contributed by atoms with Crippen molar-refractivity contribution in [2.75, 3.05) is 0 Å². The van der Waals surface area contributed by atoms with E-state index < -0.39 is 7.80 Å². The normalized spacial score (nSPS) is 11.2. The smallest absolute Gasteiger partial charge is 0.326 e. The molecule has 2 N–H and O–H groups in total. The summed E-state index contributed by atoms with van der Waals surface area (Å²) >= 11 is 0. The fraction of sp³-hybridized carbons (Fsp3) is 0.0769. The van der Waals surface area contributed by atoms with Gasteiger partial charge in [-0.1, -0.05) is 41.0 Å². The molecule has 0 aliphatic carbocycles. The summed E-state index contributed by atoms with van der Waals surface area (Å²) in [5, 5.41) is 1.68. The third kappa shape index (κ3) is 2.19. The van der Waals surface area contributed by atoms with Crippen LogP contribution in [0.15, 0.2) is 54.6 Å². The van der Waals surface area contributed by atoms with Crippen molar-refractivity contribution in [3.8, 4) is 0 Å². The molecule has 2 aromatic carbocycles. The number of rotatable bonds is 3. The molecule has 2 nitrogen and oxygen atoms in total. The molecular formula is C13H13NOP+. The highest BCUT2D eigenvalue weighted by atomic mass is 31.1. The van der Waals surface area contributed by atoms with Gasteiger partial charge in [-0.15, -0.1) is 0 Å². The Kier molecular flexibility index (Phi) is 3.45. The molecule has 80 valence electrons. The zero-order valence-corrected chi connectivity index (χ0v) is 9.73. The van der Waals surface area contributed by atoms with E-state index in [4.69, 9.17) is 5.73 Å². The number of hydrogen-bond acceptors (Lipinski definition) is 2. The molecule has 0 aromatic heterocycles. The number of benzene rings is 2. The Bertz CT molecular complexity index is 496. The molecule has 0 fully saturated rings. The third-order valence-electron chi connectivity index (χ3n) is 2.42. The first-order valence-electron chi connectivity index (χ1n) is 5.13. The molecule has 1 unspecified atom stereocenters.